The van der Waals surface area contributed by atoms with Crippen molar-refractivity contribution in [1.29, 1.82) is 0 Å². The van der Waals surface area contributed by atoms with E-state index in [4.69, 9.17) is 4.74 Å². The third kappa shape index (κ3) is 4.31. The van der Waals surface area contributed by atoms with Gasteiger partial charge in [0.05, 0.1) is 6.04 Å². The predicted octanol–water partition coefficient (Wildman–Crippen LogP) is 5.50. The molecule has 5 atom stereocenters. The van der Waals surface area contributed by atoms with Crippen LogP contribution in [0.25, 0.3) is 10.9 Å². The van der Waals surface area contributed by atoms with Gasteiger partial charge in [-0.1, -0.05) is 24.8 Å². The molecule has 2 aliphatic heterocycles. The van der Waals surface area contributed by atoms with Gasteiger partial charge >= 0.3 is 0 Å². The van der Waals surface area contributed by atoms with E-state index in [9.17, 15) is 4.79 Å². The zero-order valence-corrected chi connectivity index (χ0v) is 20.7. The number of para-hydroxylation sites is 1. The van der Waals surface area contributed by atoms with Crippen LogP contribution in [0.15, 0.2) is 49.1 Å². The summed E-state index contributed by atoms with van der Waals surface area (Å²) in [5.41, 5.74) is 1.10. The number of fused-ring (bicyclic) bond motifs is 4. The Labute approximate surface area is 213 Å². The van der Waals surface area contributed by atoms with Crippen molar-refractivity contribution < 1.29 is 22.7 Å². The second kappa shape index (κ2) is 8.94. The maximum absolute atomic E-state index is 15.7. The molecule has 1 unspecified atom stereocenters. The Morgan fingerprint density at radius 3 is 2.76 bits per heavy atom. The average molecular weight is 510 g/mol. The fourth-order valence-electron chi connectivity index (χ4n) is 6.58. The molecule has 6 rings (SSSR count). The number of carbonyl (C=O) groups excluding carboxylic acids is 1. The second-order valence-electron chi connectivity index (χ2n) is 10.9. The molecule has 3 aliphatic rings. The van der Waals surface area contributed by atoms with E-state index >= 15 is 13.2 Å². The lowest BCUT2D eigenvalue weighted by atomic mass is 9.88. The van der Waals surface area contributed by atoms with Gasteiger partial charge in [0.1, 0.15) is 29.2 Å². The van der Waals surface area contributed by atoms with Crippen molar-refractivity contribution in [3.8, 4) is 5.75 Å². The molecule has 194 valence electrons. The van der Waals surface area contributed by atoms with Gasteiger partial charge in [-0.2, -0.15) is 0 Å². The smallest absolute Gasteiger partial charge is 0.243 e. The molecule has 1 amide bonds. The molecule has 1 aromatic heterocycles. The Kier molecular flexibility index (Phi) is 5.82. The number of nitrogens with zero attached hydrogens (tertiary/aromatic N) is 1. The molecule has 3 heterocycles. The zero-order chi connectivity index (χ0) is 25.9. The minimum Gasteiger partial charge on any atom is -0.490 e. The first kappa shape index (κ1) is 24.1. The van der Waals surface area contributed by atoms with E-state index in [1.165, 1.54) is 18.2 Å². The number of aromatic amines is 1. The van der Waals surface area contributed by atoms with Gasteiger partial charge in [-0.3, -0.25) is 9.69 Å². The summed E-state index contributed by atoms with van der Waals surface area (Å²) in [6, 6.07) is 9.28. The summed E-state index contributed by atoms with van der Waals surface area (Å²) in [5, 5.41) is 3.85. The van der Waals surface area contributed by atoms with E-state index < -0.39 is 23.3 Å². The predicted molar refractivity (Wildman–Crippen MR) is 135 cm³/mol. The van der Waals surface area contributed by atoms with Gasteiger partial charge < -0.3 is 15.0 Å². The first-order valence-corrected chi connectivity index (χ1v) is 12.8. The molecule has 8 heteroatoms. The van der Waals surface area contributed by atoms with Crippen molar-refractivity contribution in [1.82, 2.24) is 15.2 Å². The summed E-state index contributed by atoms with van der Waals surface area (Å²) < 4.78 is 52.6. The van der Waals surface area contributed by atoms with Crippen LogP contribution in [0.2, 0.25) is 0 Å². The summed E-state index contributed by atoms with van der Waals surface area (Å²) in [4.78, 5) is 16.9. The van der Waals surface area contributed by atoms with Crippen molar-refractivity contribution >= 4 is 16.8 Å². The average Bonchev–Trinajstić information content (AvgIpc) is 3.52. The summed E-state index contributed by atoms with van der Waals surface area (Å²) in [5.74, 6) is -1.57. The molecule has 0 spiro atoms. The molecule has 0 radical (unpaired) electrons. The molecular weight excluding hydrogens is 479 g/mol. The highest BCUT2D eigenvalue weighted by Gasteiger charge is 2.49. The fraction of sp³-hybridized carbons (Fsp3) is 0.414. The number of alkyl halides is 1. The van der Waals surface area contributed by atoms with E-state index in [2.05, 4.69) is 16.9 Å². The number of carbonyl (C=O) groups is 1. The first-order valence-electron chi connectivity index (χ1n) is 12.8. The molecule has 1 saturated carbocycles. The maximum Gasteiger partial charge on any atom is 0.243 e. The highest BCUT2D eigenvalue weighted by molar-refractivity contribution is 5.87. The van der Waals surface area contributed by atoms with Crippen LogP contribution < -0.4 is 10.1 Å². The Morgan fingerprint density at radius 1 is 1.24 bits per heavy atom. The molecule has 5 nitrogen and oxygen atoms in total. The number of ether oxygens (including phenoxy) is 1. The Balaban J connectivity index is 1.33. The number of H-pyrrole nitrogens is 1. The number of aromatic nitrogens is 1. The number of hydrogen-bond acceptors (Lipinski definition) is 3. The monoisotopic (exact) mass is 509 g/mol. The van der Waals surface area contributed by atoms with Crippen LogP contribution >= 0.6 is 0 Å². The highest BCUT2D eigenvalue weighted by atomic mass is 19.1. The molecule has 2 fully saturated rings. The van der Waals surface area contributed by atoms with Crippen LogP contribution in [0.5, 0.6) is 5.75 Å². The van der Waals surface area contributed by atoms with Gasteiger partial charge in [0.25, 0.3) is 0 Å². The number of nitrogens with one attached hydrogen (secondary N) is 2. The largest absolute Gasteiger partial charge is 0.490 e. The minimum absolute atomic E-state index is 0.0609. The molecule has 3 aromatic rings. The molecule has 2 aromatic carbocycles. The van der Waals surface area contributed by atoms with Crippen LogP contribution in [0.4, 0.5) is 13.2 Å². The number of benzene rings is 2. The molecule has 1 saturated heterocycles. The standard InChI is InChI=1S/C29H30F3N3O2/c1-3-25(36)33-16-8-9-18(10-16)37-19-12-22(30)26(23(31)13-19)28-27-21(20-6-4-5-7-24(20)34-27)11-17-14-29(2,32)15-35(17)28/h3-7,12-13,16-18,28,34H,1,8-11,14-15H2,2H3,(H,33,36)/t16-,17-,18+,28+,29?/m0/s1. The summed E-state index contributed by atoms with van der Waals surface area (Å²) in [6.45, 7) is 5.12. The maximum atomic E-state index is 15.7. The molecular formula is C29H30F3N3O2. The second-order valence-corrected chi connectivity index (χ2v) is 10.9. The zero-order valence-electron chi connectivity index (χ0n) is 20.7. The van der Waals surface area contributed by atoms with Crippen LogP contribution in [-0.4, -0.2) is 46.2 Å². The molecule has 1 aliphatic carbocycles. The summed E-state index contributed by atoms with van der Waals surface area (Å²) >= 11 is 0. The van der Waals surface area contributed by atoms with Gasteiger partial charge in [-0.25, -0.2) is 13.2 Å². The Bertz CT molecular complexity index is 1360. The van der Waals surface area contributed by atoms with E-state index in [0.29, 0.717) is 25.7 Å². The number of rotatable bonds is 5. The van der Waals surface area contributed by atoms with Crippen LogP contribution in [0.3, 0.4) is 0 Å². The highest BCUT2D eigenvalue weighted by Crippen LogP contribution is 2.48. The van der Waals surface area contributed by atoms with Gasteiger partial charge in [0.15, 0.2) is 0 Å². The normalized spacial score (nSPS) is 29.2. The van der Waals surface area contributed by atoms with Gasteiger partial charge in [0, 0.05) is 59.3 Å². The SMILES string of the molecule is C=CC(=O)N[C@H]1CC[C@@H](Oc2cc(F)c([C@@H]3c4[nH]c5ccccc5c4C[C@H]4CC(C)(F)CN43)c(F)c2)C1. The molecule has 0 bridgehead atoms. The third-order valence-electron chi connectivity index (χ3n) is 8.08. The lowest BCUT2D eigenvalue weighted by Crippen LogP contribution is -2.41. The van der Waals surface area contributed by atoms with E-state index in [0.717, 1.165) is 28.6 Å². The quantitative estimate of drug-likeness (QED) is 0.447. The van der Waals surface area contributed by atoms with Crippen molar-refractivity contribution in [3.05, 3.63) is 77.5 Å². The number of amides is 1. The van der Waals surface area contributed by atoms with Crippen LogP contribution in [0, 0.1) is 11.6 Å². The Morgan fingerprint density at radius 2 is 2.00 bits per heavy atom. The fourth-order valence-corrected chi connectivity index (χ4v) is 6.58. The number of hydrogen-bond donors (Lipinski definition) is 2. The van der Waals surface area contributed by atoms with Gasteiger partial charge in [-0.05, 0) is 50.3 Å². The minimum atomic E-state index is -1.43. The van der Waals surface area contributed by atoms with Crippen molar-refractivity contribution in [2.24, 2.45) is 0 Å². The topological polar surface area (TPSA) is 57.4 Å². The first-order chi connectivity index (χ1) is 17.7. The van der Waals surface area contributed by atoms with Crippen molar-refractivity contribution in [2.75, 3.05) is 6.54 Å². The summed E-state index contributed by atoms with van der Waals surface area (Å²) in [7, 11) is 0. The lowest BCUT2D eigenvalue weighted by Gasteiger charge is -2.38. The van der Waals surface area contributed by atoms with Crippen molar-refractivity contribution in [3.63, 3.8) is 0 Å². The Hall–Kier alpha value is -3.26. The van der Waals surface area contributed by atoms with Gasteiger partial charge in [0.2, 0.25) is 5.91 Å². The lowest BCUT2D eigenvalue weighted by molar-refractivity contribution is -0.117. The van der Waals surface area contributed by atoms with Crippen LogP contribution in [0.1, 0.15) is 55.5 Å². The van der Waals surface area contributed by atoms with Crippen LogP contribution in [-0.2, 0) is 11.2 Å². The van der Waals surface area contributed by atoms with Gasteiger partial charge in [-0.15, -0.1) is 0 Å². The van der Waals surface area contributed by atoms with Crippen molar-refractivity contribution in [2.45, 2.75) is 68.9 Å². The third-order valence-corrected chi connectivity index (χ3v) is 8.08. The van der Waals surface area contributed by atoms with E-state index in [1.807, 2.05) is 29.2 Å². The van der Waals surface area contributed by atoms with E-state index in [-0.39, 0.29) is 42.0 Å². The molecule has 2 N–H and O–H groups in total. The number of halogens is 3. The summed E-state index contributed by atoms with van der Waals surface area (Å²) in [6.07, 6.45) is 3.84. The molecule has 37 heavy (non-hydrogen) atoms. The van der Waals surface area contributed by atoms with E-state index in [1.54, 1.807) is 6.92 Å².